The van der Waals surface area contributed by atoms with Gasteiger partial charge >= 0.3 is 6.18 Å². The van der Waals surface area contributed by atoms with Crippen molar-refractivity contribution in [2.24, 2.45) is 0 Å². The molecular weight excluding hydrogens is 340 g/mol. The summed E-state index contributed by atoms with van der Waals surface area (Å²) in [5.74, 6) is 0. The molecule has 3 rings (SSSR count). The smallest absolute Gasteiger partial charge is 0.322 e. The first-order chi connectivity index (χ1) is 10.3. The summed E-state index contributed by atoms with van der Waals surface area (Å²) < 4.78 is 39.3. The Labute approximate surface area is 132 Å². The second-order valence-electron chi connectivity index (χ2n) is 4.52. The maximum absolute atomic E-state index is 12.5. The summed E-state index contributed by atoms with van der Waals surface area (Å²) >= 11 is 11.7. The molecular formula is C13H7Cl2F3N4. The predicted octanol–water partition coefficient (Wildman–Crippen LogP) is 4.20. The molecule has 0 bridgehead atoms. The monoisotopic (exact) mass is 346 g/mol. The molecule has 0 N–H and O–H groups in total. The van der Waals surface area contributed by atoms with Crippen molar-refractivity contribution in [3.63, 3.8) is 0 Å². The molecule has 3 aromatic rings. The van der Waals surface area contributed by atoms with Crippen molar-refractivity contribution in [1.82, 2.24) is 19.5 Å². The van der Waals surface area contributed by atoms with Gasteiger partial charge in [0.15, 0.2) is 10.8 Å². The van der Waals surface area contributed by atoms with Gasteiger partial charge in [-0.1, -0.05) is 23.7 Å². The Balaban J connectivity index is 1.94. The Morgan fingerprint density at radius 2 is 1.73 bits per heavy atom. The number of benzene rings is 1. The van der Waals surface area contributed by atoms with Crippen molar-refractivity contribution in [1.29, 1.82) is 0 Å². The molecule has 0 radical (unpaired) electrons. The molecule has 0 saturated carbocycles. The van der Waals surface area contributed by atoms with E-state index in [1.54, 1.807) is 4.57 Å². The van der Waals surface area contributed by atoms with Gasteiger partial charge in [0.25, 0.3) is 0 Å². The summed E-state index contributed by atoms with van der Waals surface area (Å²) in [5.41, 5.74) is 0.779. The number of hydrogen-bond acceptors (Lipinski definition) is 3. The summed E-state index contributed by atoms with van der Waals surface area (Å²) in [6.07, 6.45) is -2.87. The third-order valence-corrected chi connectivity index (χ3v) is 3.47. The Hall–Kier alpha value is -1.86. The number of alkyl halides is 3. The van der Waals surface area contributed by atoms with Gasteiger partial charge in [-0.15, -0.1) is 0 Å². The van der Waals surface area contributed by atoms with Crippen LogP contribution in [-0.4, -0.2) is 19.5 Å². The van der Waals surface area contributed by atoms with Crippen molar-refractivity contribution >= 4 is 34.4 Å². The highest BCUT2D eigenvalue weighted by atomic mass is 35.5. The van der Waals surface area contributed by atoms with Crippen molar-refractivity contribution < 1.29 is 13.2 Å². The zero-order valence-corrected chi connectivity index (χ0v) is 12.3. The molecule has 0 amide bonds. The molecule has 0 spiro atoms. The van der Waals surface area contributed by atoms with Crippen LogP contribution in [0.1, 0.15) is 11.1 Å². The molecule has 0 atom stereocenters. The van der Waals surface area contributed by atoms with Crippen LogP contribution in [0.25, 0.3) is 11.2 Å². The third-order valence-electron chi connectivity index (χ3n) is 3.04. The number of nitrogens with zero attached hydrogens (tertiary/aromatic N) is 4. The second-order valence-corrected chi connectivity index (χ2v) is 5.22. The molecule has 2 heterocycles. The van der Waals surface area contributed by atoms with Crippen LogP contribution in [0, 0.1) is 0 Å². The SMILES string of the molecule is FC(F)(F)c1ccc(Cn2cnc3nc(Cl)nc(Cl)c32)cc1. The highest BCUT2D eigenvalue weighted by Crippen LogP contribution is 2.29. The number of hydrogen-bond donors (Lipinski definition) is 0. The molecule has 2 aromatic heterocycles. The fourth-order valence-electron chi connectivity index (χ4n) is 2.03. The Morgan fingerprint density at radius 3 is 2.36 bits per heavy atom. The predicted molar refractivity (Wildman–Crippen MR) is 75.9 cm³/mol. The molecule has 0 fully saturated rings. The zero-order valence-electron chi connectivity index (χ0n) is 10.8. The van der Waals surface area contributed by atoms with Gasteiger partial charge in [-0.3, -0.25) is 0 Å². The highest BCUT2D eigenvalue weighted by molar-refractivity contribution is 6.35. The maximum atomic E-state index is 12.5. The average molecular weight is 347 g/mol. The molecule has 114 valence electrons. The van der Waals surface area contributed by atoms with Crippen LogP contribution < -0.4 is 0 Å². The number of aromatic nitrogens is 4. The van der Waals surface area contributed by atoms with E-state index < -0.39 is 11.7 Å². The van der Waals surface area contributed by atoms with Gasteiger partial charge in [-0.25, -0.2) is 9.97 Å². The zero-order chi connectivity index (χ0) is 15.9. The summed E-state index contributed by atoms with van der Waals surface area (Å²) in [6.45, 7) is 0.291. The molecule has 0 aliphatic carbocycles. The summed E-state index contributed by atoms with van der Waals surface area (Å²) in [5, 5.41) is 0.122. The molecule has 4 nitrogen and oxygen atoms in total. The minimum absolute atomic E-state index is 0.0164. The lowest BCUT2D eigenvalue weighted by molar-refractivity contribution is -0.137. The van der Waals surface area contributed by atoms with Gasteiger partial charge in [0.2, 0.25) is 5.28 Å². The van der Waals surface area contributed by atoms with Crippen LogP contribution in [0.5, 0.6) is 0 Å². The molecule has 0 aliphatic rings. The molecule has 0 aliphatic heterocycles. The third kappa shape index (κ3) is 2.86. The van der Waals surface area contributed by atoms with Crippen LogP contribution in [0.15, 0.2) is 30.6 Å². The van der Waals surface area contributed by atoms with Gasteiger partial charge in [-0.2, -0.15) is 18.2 Å². The summed E-state index contributed by atoms with van der Waals surface area (Å²) in [4.78, 5) is 11.8. The van der Waals surface area contributed by atoms with Crippen LogP contribution in [-0.2, 0) is 12.7 Å². The van der Waals surface area contributed by atoms with E-state index in [0.29, 0.717) is 23.3 Å². The standard InChI is InChI=1S/C13H7Cl2F3N4/c14-10-9-11(21-12(15)20-10)19-6-22(9)5-7-1-3-8(4-2-7)13(16,17)18/h1-4,6H,5H2. The number of halogens is 5. The topological polar surface area (TPSA) is 43.6 Å². The Bertz CT molecular complexity index is 828. The molecule has 1 aromatic carbocycles. The van der Waals surface area contributed by atoms with E-state index in [2.05, 4.69) is 15.0 Å². The van der Waals surface area contributed by atoms with Crippen molar-refractivity contribution in [2.75, 3.05) is 0 Å². The number of rotatable bonds is 2. The number of imidazole rings is 1. The largest absolute Gasteiger partial charge is 0.416 e. The van der Waals surface area contributed by atoms with Gasteiger partial charge in [0.1, 0.15) is 5.52 Å². The van der Waals surface area contributed by atoms with E-state index >= 15 is 0 Å². The lowest BCUT2D eigenvalue weighted by atomic mass is 10.1. The second kappa shape index (κ2) is 5.40. The van der Waals surface area contributed by atoms with E-state index in [4.69, 9.17) is 23.2 Å². The molecule has 0 unspecified atom stereocenters. The Kier molecular flexibility index (Phi) is 3.70. The molecule has 22 heavy (non-hydrogen) atoms. The van der Waals surface area contributed by atoms with Crippen molar-refractivity contribution in [3.8, 4) is 0 Å². The van der Waals surface area contributed by atoms with E-state index in [0.717, 1.165) is 12.1 Å². The lowest BCUT2D eigenvalue weighted by Gasteiger charge is -2.09. The van der Waals surface area contributed by atoms with Crippen molar-refractivity contribution in [2.45, 2.75) is 12.7 Å². The minimum atomic E-state index is -4.35. The minimum Gasteiger partial charge on any atom is -0.322 e. The number of fused-ring (bicyclic) bond motifs is 1. The van der Waals surface area contributed by atoms with Gasteiger partial charge < -0.3 is 4.57 Å². The van der Waals surface area contributed by atoms with E-state index in [9.17, 15) is 13.2 Å². The van der Waals surface area contributed by atoms with E-state index in [-0.39, 0.29) is 10.4 Å². The first kappa shape index (κ1) is 15.1. The van der Waals surface area contributed by atoms with Crippen LogP contribution in [0.2, 0.25) is 10.4 Å². The van der Waals surface area contributed by atoms with Gasteiger partial charge in [-0.05, 0) is 29.3 Å². The van der Waals surface area contributed by atoms with Crippen LogP contribution >= 0.6 is 23.2 Å². The molecule has 9 heteroatoms. The van der Waals surface area contributed by atoms with Gasteiger partial charge in [0, 0.05) is 6.54 Å². The normalized spacial score (nSPS) is 12.0. The quantitative estimate of drug-likeness (QED) is 0.516. The summed E-state index contributed by atoms with van der Waals surface area (Å²) in [7, 11) is 0. The Morgan fingerprint density at radius 1 is 1.05 bits per heavy atom. The lowest BCUT2D eigenvalue weighted by Crippen LogP contribution is -2.05. The molecule has 0 saturated heterocycles. The first-order valence-electron chi connectivity index (χ1n) is 6.04. The fraction of sp³-hybridized carbons (Fsp3) is 0.154. The summed E-state index contributed by atoms with van der Waals surface area (Å²) in [6, 6.07) is 4.87. The van der Waals surface area contributed by atoms with Crippen LogP contribution in [0.4, 0.5) is 13.2 Å². The average Bonchev–Trinajstić information content (AvgIpc) is 2.81. The van der Waals surface area contributed by atoms with E-state index in [1.165, 1.54) is 18.5 Å². The fourth-order valence-corrected chi connectivity index (χ4v) is 2.51. The van der Waals surface area contributed by atoms with Crippen molar-refractivity contribution in [3.05, 3.63) is 52.2 Å². The van der Waals surface area contributed by atoms with Gasteiger partial charge in [0.05, 0.1) is 11.9 Å². The highest BCUT2D eigenvalue weighted by Gasteiger charge is 2.29. The first-order valence-corrected chi connectivity index (χ1v) is 6.80. The maximum Gasteiger partial charge on any atom is 0.416 e. The van der Waals surface area contributed by atoms with Crippen LogP contribution in [0.3, 0.4) is 0 Å². The van der Waals surface area contributed by atoms with E-state index in [1.807, 2.05) is 0 Å².